The van der Waals surface area contributed by atoms with E-state index >= 15 is 0 Å². The molecule has 1 aliphatic heterocycles. The van der Waals surface area contributed by atoms with Gasteiger partial charge in [0.05, 0.1) is 23.5 Å². The predicted octanol–water partition coefficient (Wildman–Crippen LogP) is 4.08. The third-order valence-corrected chi connectivity index (χ3v) is 7.03. The number of fused-ring (bicyclic) bond motifs is 1. The number of allylic oxidation sites excluding steroid dienone is 1. The van der Waals surface area contributed by atoms with Crippen LogP contribution >= 0.6 is 11.3 Å². The number of ether oxygens (including phenoxy) is 2. The van der Waals surface area contributed by atoms with Crippen LogP contribution < -0.4 is 10.7 Å². The van der Waals surface area contributed by atoms with E-state index in [1.165, 1.54) is 5.01 Å². The van der Waals surface area contributed by atoms with Crippen LogP contribution in [0.5, 0.6) is 0 Å². The van der Waals surface area contributed by atoms with Gasteiger partial charge in [0.2, 0.25) is 0 Å². The molecule has 208 valence electrons. The molecular formula is C27H34N6O5S. The summed E-state index contributed by atoms with van der Waals surface area (Å²) in [6.07, 6.45) is -0.714. The molecule has 1 saturated heterocycles. The third kappa shape index (κ3) is 7.02. The van der Waals surface area contributed by atoms with Gasteiger partial charge in [-0.05, 0) is 51.5 Å². The lowest BCUT2D eigenvalue weighted by Gasteiger charge is -2.26. The highest BCUT2D eigenvalue weighted by molar-refractivity contribution is 7.20. The summed E-state index contributed by atoms with van der Waals surface area (Å²) in [5, 5.41) is 9.12. The number of carbonyl (C=O) groups excluding carboxylic acids is 3. The molecule has 1 aliphatic rings. The molecule has 3 aromatic rings. The Kier molecular flexibility index (Phi) is 8.38. The van der Waals surface area contributed by atoms with E-state index in [4.69, 9.17) is 9.47 Å². The summed E-state index contributed by atoms with van der Waals surface area (Å²) < 4.78 is 12.0. The van der Waals surface area contributed by atoms with Crippen LogP contribution in [0.15, 0.2) is 42.6 Å². The Balaban J connectivity index is 1.62. The SMILES string of the molecule is C=C(C)N(C)NC(=O)c1cc2c(NC(=O)c3cccc(CN4CCOCC4)c3)nn(C(=O)OC(C)(C)C)c2s1. The second kappa shape index (κ2) is 11.6. The molecule has 0 aliphatic carbocycles. The number of hydrazine groups is 1. The maximum Gasteiger partial charge on any atom is 0.436 e. The standard InChI is InChI=1S/C27H34N6O5S/c1-17(2)31(6)30-24(35)21-15-20-22(29-33(25(20)39-21)26(36)38-27(3,4)5)28-23(34)19-9-7-8-18(14-19)16-32-10-12-37-13-11-32/h7-9,14-15H,1,10-13,16H2,2-6H3,(H,30,35)(H,28,29,34). The first-order chi connectivity index (χ1) is 18.4. The zero-order valence-corrected chi connectivity index (χ0v) is 23.7. The fourth-order valence-electron chi connectivity index (χ4n) is 3.85. The number of thiophene rings is 1. The third-order valence-electron chi connectivity index (χ3n) is 5.92. The quantitative estimate of drug-likeness (QED) is 0.420. The van der Waals surface area contributed by atoms with E-state index in [9.17, 15) is 14.4 Å². The van der Waals surface area contributed by atoms with E-state index in [1.54, 1.807) is 46.9 Å². The maximum absolute atomic E-state index is 13.3. The molecule has 2 amide bonds. The average molecular weight is 555 g/mol. The lowest BCUT2D eigenvalue weighted by molar-refractivity contribution is 0.0342. The van der Waals surface area contributed by atoms with Crippen molar-refractivity contribution >= 4 is 45.3 Å². The summed E-state index contributed by atoms with van der Waals surface area (Å²) in [5.74, 6) is -0.609. The second-order valence-electron chi connectivity index (χ2n) is 10.3. The van der Waals surface area contributed by atoms with Crippen LogP contribution in [0.2, 0.25) is 0 Å². The van der Waals surface area contributed by atoms with Crippen molar-refractivity contribution < 1.29 is 23.9 Å². The lowest BCUT2D eigenvalue weighted by atomic mass is 10.1. The molecule has 0 radical (unpaired) electrons. The molecule has 2 aromatic heterocycles. The Morgan fingerprint density at radius 3 is 2.56 bits per heavy atom. The van der Waals surface area contributed by atoms with Gasteiger partial charge in [-0.25, -0.2) is 4.79 Å². The van der Waals surface area contributed by atoms with Crippen molar-refractivity contribution in [2.45, 2.75) is 39.8 Å². The van der Waals surface area contributed by atoms with Crippen LogP contribution in [0.3, 0.4) is 0 Å². The van der Waals surface area contributed by atoms with Crippen LogP contribution in [0.1, 0.15) is 53.3 Å². The highest BCUT2D eigenvalue weighted by Crippen LogP contribution is 2.32. The first-order valence-corrected chi connectivity index (χ1v) is 13.4. The van der Waals surface area contributed by atoms with Gasteiger partial charge in [0.15, 0.2) is 5.82 Å². The van der Waals surface area contributed by atoms with Gasteiger partial charge in [0.1, 0.15) is 10.4 Å². The molecule has 0 spiro atoms. The minimum Gasteiger partial charge on any atom is -0.442 e. The number of morpholine rings is 1. The molecule has 2 N–H and O–H groups in total. The Bertz CT molecular complexity index is 1400. The first-order valence-electron chi connectivity index (χ1n) is 12.6. The number of rotatable bonds is 7. The molecular weight excluding hydrogens is 520 g/mol. The highest BCUT2D eigenvalue weighted by Gasteiger charge is 2.26. The van der Waals surface area contributed by atoms with Crippen molar-refractivity contribution in [3.8, 4) is 0 Å². The van der Waals surface area contributed by atoms with Crippen molar-refractivity contribution in [2.24, 2.45) is 0 Å². The normalized spacial score (nSPS) is 14.2. The molecule has 4 rings (SSSR count). The fourth-order valence-corrected chi connectivity index (χ4v) is 4.84. The second-order valence-corrected chi connectivity index (χ2v) is 11.4. The summed E-state index contributed by atoms with van der Waals surface area (Å²) >= 11 is 1.07. The molecule has 1 aromatic carbocycles. The summed E-state index contributed by atoms with van der Waals surface area (Å²) in [6, 6.07) is 8.98. The van der Waals surface area contributed by atoms with Crippen molar-refractivity contribution in [3.63, 3.8) is 0 Å². The molecule has 3 heterocycles. The topological polar surface area (TPSA) is 118 Å². The Labute approximate surface area is 231 Å². The number of aromatic nitrogens is 2. The van der Waals surface area contributed by atoms with Crippen molar-refractivity contribution in [1.82, 2.24) is 25.1 Å². The molecule has 0 bridgehead atoms. The smallest absolute Gasteiger partial charge is 0.436 e. The predicted molar refractivity (Wildman–Crippen MR) is 150 cm³/mol. The minimum absolute atomic E-state index is 0.156. The number of hydrogen-bond acceptors (Lipinski definition) is 9. The van der Waals surface area contributed by atoms with Crippen LogP contribution in [-0.4, -0.2) is 76.5 Å². The maximum atomic E-state index is 13.3. The zero-order chi connectivity index (χ0) is 28.3. The number of amides is 2. The van der Waals surface area contributed by atoms with E-state index in [1.807, 2.05) is 18.2 Å². The number of hydrogen-bond donors (Lipinski definition) is 2. The number of nitrogens with zero attached hydrogens (tertiary/aromatic N) is 4. The minimum atomic E-state index is -0.763. The van der Waals surface area contributed by atoms with Crippen LogP contribution in [0, 0.1) is 0 Å². The van der Waals surface area contributed by atoms with Gasteiger partial charge in [0, 0.05) is 37.9 Å². The fraction of sp³-hybridized carbons (Fsp3) is 0.407. The lowest BCUT2D eigenvalue weighted by Crippen LogP contribution is -2.37. The summed E-state index contributed by atoms with van der Waals surface area (Å²) in [5.41, 5.74) is 4.06. The van der Waals surface area contributed by atoms with Gasteiger partial charge in [-0.1, -0.05) is 18.7 Å². The summed E-state index contributed by atoms with van der Waals surface area (Å²) in [7, 11) is 1.68. The van der Waals surface area contributed by atoms with Gasteiger partial charge in [-0.3, -0.25) is 24.9 Å². The molecule has 11 nitrogen and oxygen atoms in total. The van der Waals surface area contributed by atoms with Gasteiger partial charge < -0.3 is 14.8 Å². The van der Waals surface area contributed by atoms with E-state index < -0.39 is 11.7 Å². The Hall–Kier alpha value is -3.74. The van der Waals surface area contributed by atoms with E-state index in [2.05, 4.69) is 27.3 Å². The Morgan fingerprint density at radius 1 is 1.18 bits per heavy atom. The number of benzene rings is 1. The van der Waals surface area contributed by atoms with Crippen LogP contribution in [-0.2, 0) is 16.0 Å². The highest BCUT2D eigenvalue weighted by atomic mass is 32.1. The largest absolute Gasteiger partial charge is 0.442 e. The molecule has 12 heteroatoms. The van der Waals surface area contributed by atoms with Crippen LogP contribution in [0.25, 0.3) is 10.2 Å². The average Bonchev–Trinajstić information content (AvgIpc) is 3.44. The van der Waals surface area contributed by atoms with Crippen molar-refractivity contribution in [3.05, 3.63) is 58.6 Å². The first kappa shape index (κ1) is 28.3. The van der Waals surface area contributed by atoms with Gasteiger partial charge in [0.25, 0.3) is 11.8 Å². The van der Waals surface area contributed by atoms with Crippen molar-refractivity contribution in [1.29, 1.82) is 0 Å². The Morgan fingerprint density at radius 2 is 1.90 bits per heavy atom. The molecule has 39 heavy (non-hydrogen) atoms. The molecule has 0 atom stereocenters. The van der Waals surface area contributed by atoms with Crippen molar-refractivity contribution in [2.75, 3.05) is 38.7 Å². The number of anilines is 1. The summed E-state index contributed by atoms with van der Waals surface area (Å²) in [6.45, 7) is 14.6. The molecule has 0 unspecified atom stereocenters. The summed E-state index contributed by atoms with van der Waals surface area (Å²) in [4.78, 5) is 42.1. The molecule has 0 saturated carbocycles. The number of nitrogens with one attached hydrogen (secondary N) is 2. The monoisotopic (exact) mass is 554 g/mol. The van der Waals surface area contributed by atoms with Gasteiger partial charge in [-0.2, -0.15) is 4.68 Å². The zero-order valence-electron chi connectivity index (χ0n) is 22.9. The van der Waals surface area contributed by atoms with E-state index in [0.717, 1.165) is 34.7 Å². The van der Waals surface area contributed by atoms with Crippen LogP contribution in [0.4, 0.5) is 10.6 Å². The van der Waals surface area contributed by atoms with Gasteiger partial charge >= 0.3 is 6.09 Å². The van der Waals surface area contributed by atoms with Gasteiger partial charge in [-0.15, -0.1) is 16.4 Å². The van der Waals surface area contributed by atoms with E-state index in [0.29, 0.717) is 46.1 Å². The number of carbonyl (C=O) groups is 3. The molecule has 1 fully saturated rings. The van der Waals surface area contributed by atoms with E-state index in [-0.39, 0.29) is 17.6 Å².